The van der Waals surface area contributed by atoms with Crippen LogP contribution in [0.3, 0.4) is 0 Å². The molecular formula is C24H38BNO6Si. The summed E-state index contributed by atoms with van der Waals surface area (Å²) in [5.41, 5.74) is 1.27. The summed E-state index contributed by atoms with van der Waals surface area (Å²) in [4.78, 5) is 27.6. The van der Waals surface area contributed by atoms with Crippen LogP contribution >= 0.6 is 0 Å². The molecule has 0 radical (unpaired) electrons. The second-order valence-corrected chi connectivity index (χ2v) is 16.4. The summed E-state index contributed by atoms with van der Waals surface area (Å²) >= 11 is 0. The fourth-order valence-corrected chi connectivity index (χ4v) is 4.65. The van der Waals surface area contributed by atoms with Gasteiger partial charge in [-0.3, -0.25) is 4.79 Å². The molecule has 3 rings (SSSR count). The van der Waals surface area contributed by atoms with E-state index in [0.717, 1.165) is 11.0 Å². The minimum absolute atomic E-state index is 0.0105. The number of hydrogen-bond donors (Lipinski definition) is 0. The van der Waals surface area contributed by atoms with Gasteiger partial charge in [0.15, 0.2) is 14.4 Å². The van der Waals surface area contributed by atoms with E-state index in [2.05, 4.69) is 33.9 Å². The number of esters is 1. The molecular weight excluding hydrogens is 437 g/mol. The van der Waals surface area contributed by atoms with Gasteiger partial charge in [-0.25, -0.2) is 4.79 Å². The van der Waals surface area contributed by atoms with E-state index in [1.165, 1.54) is 7.11 Å². The van der Waals surface area contributed by atoms with E-state index >= 15 is 0 Å². The molecule has 1 atom stereocenters. The number of hydrogen-bond acceptors (Lipinski definition) is 6. The standard InChI is InChI=1S/C24H38BNO6Si/c1-22(2,3)33(9,10)30-15-19(21(28)29-8)26-14-16-11-12-17(13-18(16)20(26)27)25-31-23(4,5)24(6,7)32-25/h11-13,19H,14-15H2,1-10H3/t19-/m0/s1. The molecule has 1 saturated heterocycles. The number of benzene rings is 1. The molecule has 2 aliphatic heterocycles. The van der Waals surface area contributed by atoms with Gasteiger partial charge in [-0.05, 0) is 62.9 Å². The van der Waals surface area contributed by atoms with Crippen molar-refractivity contribution in [2.24, 2.45) is 0 Å². The molecule has 2 heterocycles. The molecule has 0 aromatic heterocycles. The van der Waals surface area contributed by atoms with Crippen molar-refractivity contribution in [1.29, 1.82) is 0 Å². The summed E-state index contributed by atoms with van der Waals surface area (Å²) in [6.07, 6.45) is 0. The first-order valence-corrected chi connectivity index (χ1v) is 14.4. The van der Waals surface area contributed by atoms with Crippen molar-refractivity contribution in [3.05, 3.63) is 29.3 Å². The van der Waals surface area contributed by atoms with Crippen molar-refractivity contribution < 1.29 is 28.1 Å². The highest BCUT2D eigenvalue weighted by molar-refractivity contribution is 6.74. The third-order valence-electron chi connectivity index (χ3n) is 7.75. The zero-order valence-electron chi connectivity index (χ0n) is 21.7. The van der Waals surface area contributed by atoms with Gasteiger partial charge in [-0.2, -0.15) is 0 Å². The van der Waals surface area contributed by atoms with Gasteiger partial charge >= 0.3 is 13.1 Å². The van der Waals surface area contributed by atoms with Gasteiger partial charge in [-0.15, -0.1) is 0 Å². The van der Waals surface area contributed by atoms with Gasteiger partial charge in [0.05, 0.1) is 24.9 Å². The number of ether oxygens (including phenoxy) is 1. The maximum absolute atomic E-state index is 13.4. The maximum Gasteiger partial charge on any atom is 0.494 e. The Morgan fingerprint density at radius 2 is 1.76 bits per heavy atom. The molecule has 0 spiro atoms. The Morgan fingerprint density at radius 1 is 1.18 bits per heavy atom. The molecule has 2 aliphatic rings. The van der Waals surface area contributed by atoms with Crippen molar-refractivity contribution in [2.45, 2.75) is 90.4 Å². The second kappa shape index (κ2) is 8.52. The van der Waals surface area contributed by atoms with Crippen molar-refractivity contribution in [1.82, 2.24) is 4.90 Å². The van der Waals surface area contributed by atoms with Crippen molar-refractivity contribution in [2.75, 3.05) is 13.7 Å². The monoisotopic (exact) mass is 475 g/mol. The van der Waals surface area contributed by atoms with E-state index in [1.807, 2.05) is 45.9 Å². The van der Waals surface area contributed by atoms with Gasteiger partial charge in [0.2, 0.25) is 0 Å². The highest BCUT2D eigenvalue weighted by Crippen LogP contribution is 2.38. The van der Waals surface area contributed by atoms with Crippen molar-refractivity contribution in [3.63, 3.8) is 0 Å². The van der Waals surface area contributed by atoms with Crippen LogP contribution in [0.4, 0.5) is 0 Å². The quantitative estimate of drug-likeness (QED) is 0.463. The van der Waals surface area contributed by atoms with E-state index < -0.39 is 38.6 Å². The van der Waals surface area contributed by atoms with Gasteiger partial charge in [0.25, 0.3) is 5.91 Å². The average Bonchev–Trinajstić information content (AvgIpc) is 3.13. The fraction of sp³-hybridized carbons (Fsp3) is 0.667. The lowest BCUT2D eigenvalue weighted by atomic mass is 9.78. The summed E-state index contributed by atoms with van der Waals surface area (Å²) in [5, 5.41) is -0.0105. The predicted molar refractivity (Wildman–Crippen MR) is 131 cm³/mol. The topological polar surface area (TPSA) is 74.3 Å². The zero-order chi connectivity index (χ0) is 25.0. The molecule has 1 amide bonds. The predicted octanol–water partition coefficient (Wildman–Crippen LogP) is 3.51. The first kappa shape index (κ1) is 25.9. The molecule has 0 bridgehead atoms. The molecule has 1 aromatic rings. The number of rotatable bonds is 6. The van der Waals surface area contributed by atoms with Gasteiger partial charge in [0, 0.05) is 12.1 Å². The van der Waals surface area contributed by atoms with E-state index in [0.29, 0.717) is 12.1 Å². The molecule has 7 nitrogen and oxygen atoms in total. The minimum Gasteiger partial charge on any atom is -0.467 e. The Labute approximate surface area is 199 Å². The van der Waals surface area contributed by atoms with Crippen molar-refractivity contribution >= 4 is 32.8 Å². The van der Waals surface area contributed by atoms with Crippen LogP contribution in [0.1, 0.15) is 64.4 Å². The van der Waals surface area contributed by atoms with Crippen molar-refractivity contribution in [3.8, 4) is 0 Å². The first-order valence-electron chi connectivity index (χ1n) is 11.5. The lowest BCUT2D eigenvalue weighted by Crippen LogP contribution is -2.49. The average molecular weight is 475 g/mol. The van der Waals surface area contributed by atoms with E-state index in [9.17, 15) is 9.59 Å². The lowest BCUT2D eigenvalue weighted by molar-refractivity contribution is -0.147. The smallest absolute Gasteiger partial charge is 0.467 e. The van der Waals surface area contributed by atoms with Crippen LogP contribution in [-0.2, 0) is 29.8 Å². The van der Waals surface area contributed by atoms with Crippen LogP contribution in [0.25, 0.3) is 0 Å². The Morgan fingerprint density at radius 3 is 2.27 bits per heavy atom. The van der Waals surface area contributed by atoms with Gasteiger partial charge in [-0.1, -0.05) is 32.9 Å². The lowest BCUT2D eigenvalue weighted by Gasteiger charge is -2.38. The Kier molecular flexibility index (Phi) is 6.69. The normalized spacial score (nSPS) is 20.7. The molecule has 1 aromatic carbocycles. The second-order valence-electron chi connectivity index (χ2n) is 11.5. The van der Waals surface area contributed by atoms with E-state index in [1.54, 1.807) is 4.90 Å². The Balaban J connectivity index is 1.83. The number of methoxy groups -OCH3 is 1. The van der Waals surface area contributed by atoms with Crippen LogP contribution in [-0.4, -0.2) is 63.2 Å². The van der Waals surface area contributed by atoms with E-state index in [4.69, 9.17) is 18.5 Å². The molecule has 0 unspecified atom stereocenters. The number of carbonyl (C=O) groups is 2. The highest BCUT2D eigenvalue weighted by Gasteiger charge is 2.52. The fourth-order valence-electron chi connectivity index (χ4n) is 3.64. The minimum atomic E-state index is -2.11. The highest BCUT2D eigenvalue weighted by atomic mass is 28.4. The molecule has 0 aliphatic carbocycles. The number of amides is 1. The third kappa shape index (κ3) is 4.78. The molecule has 1 fully saturated rings. The maximum atomic E-state index is 13.4. The zero-order valence-corrected chi connectivity index (χ0v) is 22.7. The first-order chi connectivity index (χ1) is 15.0. The van der Waals surface area contributed by atoms with Crippen LogP contribution in [0, 0.1) is 0 Å². The summed E-state index contributed by atoms with van der Waals surface area (Å²) in [6, 6.07) is 4.86. The molecule has 0 N–H and O–H groups in total. The number of fused-ring (bicyclic) bond motifs is 1. The number of carbonyl (C=O) groups excluding carboxylic acids is 2. The molecule has 0 saturated carbocycles. The number of nitrogens with zero attached hydrogens (tertiary/aromatic N) is 1. The SMILES string of the molecule is COC(=O)[C@H](CO[Si](C)(C)C(C)(C)C)N1Cc2ccc(B3OC(C)(C)C(C)(C)O3)cc2C1=O. The largest absolute Gasteiger partial charge is 0.494 e. The summed E-state index contributed by atoms with van der Waals surface area (Å²) < 4.78 is 23.6. The summed E-state index contributed by atoms with van der Waals surface area (Å²) in [6.45, 7) is 19.1. The van der Waals surface area contributed by atoms with E-state index in [-0.39, 0.29) is 17.6 Å². The van der Waals surface area contributed by atoms with Crippen LogP contribution < -0.4 is 5.46 Å². The van der Waals surface area contributed by atoms with Crippen LogP contribution in [0.15, 0.2) is 18.2 Å². The summed E-state index contributed by atoms with van der Waals surface area (Å²) in [5.74, 6) is -0.682. The molecule has 33 heavy (non-hydrogen) atoms. The molecule has 9 heteroatoms. The van der Waals surface area contributed by atoms with Gasteiger partial charge < -0.3 is 23.4 Å². The Hall–Kier alpha value is -1.68. The van der Waals surface area contributed by atoms with Crippen LogP contribution in [0.2, 0.25) is 18.1 Å². The summed E-state index contributed by atoms with van der Waals surface area (Å²) in [7, 11) is -1.33. The molecule has 182 valence electrons. The Bertz CT molecular complexity index is 923. The van der Waals surface area contributed by atoms with Crippen LogP contribution in [0.5, 0.6) is 0 Å². The third-order valence-corrected chi connectivity index (χ3v) is 12.2. The van der Waals surface area contributed by atoms with Gasteiger partial charge in [0.1, 0.15) is 0 Å².